The summed E-state index contributed by atoms with van der Waals surface area (Å²) in [7, 11) is 0. The summed E-state index contributed by atoms with van der Waals surface area (Å²) < 4.78 is 13.5. The van der Waals surface area contributed by atoms with E-state index in [-0.39, 0.29) is 12.1 Å². The summed E-state index contributed by atoms with van der Waals surface area (Å²) in [5, 5.41) is 9.47. The van der Waals surface area contributed by atoms with Crippen LogP contribution in [0.15, 0.2) is 27.9 Å². The van der Waals surface area contributed by atoms with E-state index in [9.17, 15) is 9.59 Å². The molecule has 1 aromatic heterocycles. The third kappa shape index (κ3) is 3.26. The lowest BCUT2D eigenvalue weighted by Crippen LogP contribution is -2.40. The second kappa shape index (κ2) is 7.03. The predicted octanol–water partition coefficient (Wildman–Crippen LogP) is 1.76. The first-order chi connectivity index (χ1) is 12.0. The SMILES string of the molecule is CCn1cc(C#N)c(=O)n(Cc2cc(Cl)c3c(c2)OCCCO3)c1=O. The summed E-state index contributed by atoms with van der Waals surface area (Å²) in [6.45, 7) is 3.12. The second-order valence-corrected chi connectivity index (χ2v) is 5.98. The van der Waals surface area contributed by atoms with Crippen molar-refractivity contribution >= 4 is 11.6 Å². The number of nitrogens with zero attached hydrogens (tertiary/aromatic N) is 3. The first-order valence-corrected chi connectivity index (χ1v) is 8.25. The van der Waals surface area contributed by atoms with Gasteiger partial charge in [-0.15, -0.1) is 0 Å². The van der Waals surface area contributed by atoms with Gasteiger partial charge in [-0.05, 0) is 24.6 Å². The van der Waals surface area contributed by atoms with Crippen molar-refractivity contribution in [2.75, 3.05) is 13.2 Å². The van der Waals surface area contributed by atoms with Crippen LogP contribution in [-0.2, 0) is 13.1 Å². The molecule has 0 fully saturated rings. The van der Waals surface area contributed by atoms with Crippen molar-refractivity contribution in [3.05, 3.63) is 55.3 Å². The Bertz CT molecular complexity index is 972. The molecule has 0 N–H and O–H groups in total. The van der Waals surface area contributed by atoms with Crippen LogP contribution < -0.4 is 20.7 Å². The normalized spacial score (nSPS) is 13.2. The number of benzene rings is 1. The Balaban J connectivity index is 2.08. The Morgan fingerprint density at radius 1 is 1.28 bits per heavy atom. The molecular weight excluding hydrogens is 346 g/mol. The van der Waals surface area contributed by atoms with Gasteiger partial charge in [0.25, 0.3) is 5.56 Å². The number of ether oxygens (including phenoxy) is 2. The maximum absolute atomic E-state index is 12.4. The van der Waals surface area contributed by atoms with Crippen molar-refractivity contribution in [1.29, 1.82) is 5.26 Å². The molecule has 0 aliphatic carbocycles. The lowest BCUT2D eigenvalue weighted by Gasteiger charge is -2.13. The smallest absolute Gasteiger partial charge is 0.331 e. The fourth-order valence-corrected chi connectivity index (χ4v) is 2.94. The largest absolute Gasteiger partial charge is 0.489 e. The molecule has 2 heterocycles. The van der Waals surface area contributed by atoms with E-state index in [0.29, 0.717) is 41.8 Å². The summed E-state index contributed by atoms with van der Waals surface area (Å²) in [5.74, 6) is 0.951. The average molecular weight is 362 g/mol. The molecular formula is C17H16ClN3O4. The van der Waals surface area contributed by atoms with Gasteiger partial charge in [0.2, 0.25) is 0 Å². The number of rotatable bonds is 3. The van der Waals surface area contributed by atoms with E-state index in [1.807, 2.05) is 6.07 Å². The quantitative estimate of drug-likeness (QED) is 0.831. The average Bonchev–Trinajstić information content (AvgIpc) is 2.85. The Labute approximate surface area is 148 Å². The highest BCUT2D eigenvalue weighted by Crippen LogP contribution is 2.38. The molecule has 1 aliphatic rings. The highest BCUT2D eigenvalue weighted by atomic mass is 35.5. The van der Waals surface area contributed by atoms with Gasteiger partial charge in [0.05, 0.1) is 24.8 Å². The molecule has 1 aliphatic heterocycles. The molecule has 0 saturated heterocycles. The van der Waals surface area contributed by atoms with E-state index in [1.54, 1.807) is 19.1 Å². The summed E-state index contributed by atoms with van der Waals surface area (Å²) in [4.78, 5) is 24.8. The summed E-state index contributed by atoms with van der Waals surface area (Å²) in [6.07, 6.45) is 2.02. The highest BCUT2D eigenvalue weighted by molar-refractivity contribution is 6.32. The van der Waals surface area contributed by atoms with Crippen LogP contribution in [0.1, 0.15) is 24.5 Å². The first-order valence-electron chi connectivity index (χ1n) is 7.87. The molecule has 8 heteroatoms. The molecule has 7 nitrogen and oxygen atoms in total. The fourth-order valence-electron chi connectivity index (χ4n) is 2.65. The van der Waals surface area contributed by atoms with Crippen molar-refractivity contribution in [3.63, 3.8) is 0 Å². The lowest BCUT2D eigenvalue weighted by molar-refractivity contribution is 0.297. The maximum Gasteiger partial charge on any atom is 0.331 e. The van der Waals surface area contributed by atoms with Crippen LogP contribution >= 0.6 is 11.6 Å². The minimum Gasteiger partial charge on any atom is -0.489 e. The Morgan fingerprint density at radius 2 is 2.04 bits per heavy atom. The molecule has 0 spiro atoms. The zero-order valence-electron chi connectivity index (χ0n) is 13.6. The molecule has 0 atom stereocenters. The highest BCUT2D eigenvalue weighted by Gasteiger charge is 2.17. The molecule has 0 radical (unpaired) electrons. The Morgan fingerprint density at radius 3 is 2.76 bits per heavy atom. The van der Waals surface area contributed by atoms with Crippen LogP contribution in [0, 0.1) is 11.3 Å². The summed E-state index contributed by atoms with van der Waals surface area (Å²) in [5.41, 5.74) is -0.566. The van der Waals surface area contributed by atoms with E-state index < -0.39 is 11.2 Å². The van der Waals surface area contributed by atoms with Gasteiger partial charge in [0.15, 0.2) is 11.5 Å². The molecule has 1 aromatic carbocycles. The van der Waals surface area contributed by atoms with Crippen LogP contribution in [0.2, 0.25) is 5.02 Å². The maximum atomic E-state index is 12.4. The minimum absolute atomic E-state index is 0.0104. The van der Waals surface area contributed by atoms with E-state index in [2.05, 4.69) is 0 Å². The Kier molecular flexibility index (Phi) is 4.81. The minimum atomic E-state index is -0.625. The number of hydrogen-bond donors (Lipinski definition) is 0. The molecule has 130 valence electrons. The standard InChI is InChI=1S/C17H16ClN3O4/c1-2-20-10-12(8-19)16(22)21(17(20)23)9-11-6-13(18)15-14(7-11)24-4-3-5-25-15/h6-7,10H,2-5,9H2,1H3. The van der Waals surface area contributed by atoms with Gasteiger partial charge < -0.3 is 9.47 Å². The third-order valence-corrected chi connectivity index (χ3v) is 4.18. The van der Waals surface area contributed by atoms with Crippen molar-refractivity contribution in [2.45, 2.75) is 26.4 Å². The molecule has 0 saturated carbocycles. The number of aryl methyl sites for hydroxylation is 1. The zero-order chi connectivity index (χ0) is 18.0. The van der Waals surface area contributed by atoms with E-state index in [1.165, 1.54) is 10.8 Å². The predicted molar refractivity (Wildman–Crippen MR) is 91.5 cm³/mol. The van der Waals surface area contributed by atoms with Crippen LogP contribution in [-0.4, -0.2) is 22.3 Å². The van der Waals surface area contributed by atoms with Crippen molar-refractivity contribution < 1.29 is 9.47 Å². The molecule has 3 rings (SSSR count). The zero-order valence-corrected chi connectivity index (χ0v) is 14.4. The van der Waals surface area contributed by atoms with Crippen LogP contribution in [0.25, 0.3) is 0 Å². The lowest BCUT2D eigenvalue weighted by atomic mass is 10.2. The van der Waals surface area contributed by atoms with E-state index >= 15 is 0 Å². The van der Waals surface area contributed by atoms with Gasteiger partial charge in [-0.25, -0.2) is 4.79 Å². The van der Waals surface area contributed by atoms with Crippen molar-refractivity contribution in [3.8, 4) is 17.6 Å². The van der Waals surface area contributed by atoms with Crippen LogP contribution in [0.4, 0.5) is 0 Å². The molecule has 0 unspecified atom stereocenters. The van der Waals surface area contributed by atoms with Gasteiger partial charge in [-0.3, -0.25) is 13.9 Å². The van der Waals surface area contributed by atoms with Gasteiger partial charge in [0.1, 0.15) is 11.6 Å². The van der Waals surface area contributed by atoms with Crippen LogP contribution in [0.5, 0.6) is 11.5 Å². The van der Waals surface area contributed by atoms with Crippen molar-refractivity contribution in [1.82, 2.24) is 9.13 Å². The van der Waals surface area contributed by atoms with Gasteiger partial charge in [-0.1, -0.05) is 11.6 Å². The third-order valence-electron chi connectivity index (χ3n) is 3.90. The Hall–Kier alpha value is -2.72. The molecule has 0 amide bonds. The summed E-state index contributed by atoms with van der Waals surface area (Å²) in [6, 6.07) is 5.17. The number of fused-ring (bicyclic) bond motifs is 1. The topological polar surface area (TPSA) is 86.2 Å². The number of halogens is 1. The molecule has 0 bridgehead atoms. The van der Waals surface area contributed by atoms with E-state index in [4.69, 9.17) is 26.3 Å². The van der Waals surface area contributed by atoms with Gasteiger partial charge in [-0.2, -0.15) is 5.26 Å². The molecule has 25 heavy (non-hydrogen) atoms. The van der Waals surface area contributed by atoms with E-state index in [0.717, 1.165) is 11.0 Å². The van der Waals surface area contributed by atoms with Crippen molar-refractivity contribution in [2.24, 2.45) is 0 Å². The van der Waals surface area contributed by atoms with Gasteiger partial charge in [0, 0.05) is 19.2 Å². The fraction of sp³-hybridized carbons (Fsp3) is 0.353. The first kappa shape index (κ1) is 17.1. The number of hydrogen-bond acceptors (Lipinski definition) is 5. The summed E-state index contributed by atoms with van der Waals surface area (Å²) >= 11 is 6.25. The molecule has 2 aromatic rings. The second-order valence-electron chi connectivity index (χ2n) is 5.57. The monoisotopic (exact) mass is 361 g/mol. The number of nitriles is 1. The van der Waals surface area contributed by atoms with Gasteiger partial charge >= 0.3 is 5.69 Å². The number of aromatic nitrogens is 2. The van der Waals surface area contributed by atoms with Crippen LogP contribution in [0.3, 0.4) is 0 Å².